The highest BCUT2D eigenvalue weighted by atomic mass is 16.7. The lowest BCUT2D eigenvalue weighted by atomic mass is 9.97. The average Bonchev–Trinajstić information content (AvgIpc) is 3.16. The van der Waals surface area contributed by atoms with Gasteiger partial charge in [0, 0.05) is 17.5 Å². The van der Waals surface area contributed by atoms with Gasteiger partial charge < -0.3 is 15.3 Å². The highest BCUT2D eigenvalue weighted by molar-refractivity contribution is 5.36. The van der Waals surface area contributed by atoms with Crippen LogP contribution in [0.4, 0.5) is 0 Å². The van der Waals surface area contributed by atoms with Crippen LogP contribution in [-0.2, 0) is 11.4 Å². The summed E-state index contributed by atoms with van der Waals surface area (Å²) in [6, 6.07) is 8.16. The number of aliphatic hydroxyl groups is 3. The number of rotatable bonds is 13. The second kappa shape index (κ2) is 14.8. The van der Waals surface area contributed by atoms with Gasteiger partial charge in [-0.05, 0) is 49.8 Å². The smallest absolute Gasteiger partial charge is 0.115 e. The fourth-order valence-electron chi connectivity index (χ4n) is 4.29. The van der Waals surface area contributed by atoms with E-state index in [1.165, 1.54) is 0 Å². The zero-order valence-corrected chi connectivity index (χ0v) is 21.5. The molecule has 1 aromatic rings. The molecule has 0 amide bonds. The molecule has 6 atom stereocenters. The van der Waals surface area contributed by atoms with E-state index in [0.717, 1.165) is 36.8 Å². The lowest BCUT2D eigenvalue weighted by Crippen LogP contribution is -2.55. The molecule has 192 valence electrons. The fourth-order valence-corrected chi connectivity index (χ4v) is 4.29. The maximum Gasteiger partial charge on any atom is 0.115 e. The van der Waals surface area contributed by atoms with E-state index >= 15 is 0 Å². The van der Waals surface area contributed by atoms with Crippen molar-refractivity contribution in [3.05, 3.63) is 35.4 Å². The summed E-state index contributed by atoms with van der Waals surface area (Å²) in [6.07, 6.45) is 2.82. The van der Waals surface area contributed by atoms with Crippen molar-refractivity contribution < 1.29 is 20.2 Å². The summed E-state index contributed by atoms with van der Waals surface area (Å²) in [4.78, 5) is 6.09. The summed E-state index contributed by atoms with van der Waals surface area (Å²) in [5.41, 5.74) is 8.65. The molecule has 0 aliphatic carbocycles. The molecular weight excluding hydrogens is 430 g/mol. The number of unbranched alkanes of at least 4 members (excludes halogenated alkanes) is 2. The molecule has 0 bridgehead atoms. The third-order valence-electron chi connectivity index (χ3n) is 6.50. The van der Waals surface area contributed by atoms with Gasteiger partial charge in [-0.1, -0.05) is 64.5 Å². The molecule has 34 heavy (non-hydrogen) atoms. The van der Waals surface area contributed by atoms with Crippen LogP contribution in [0.25, 0.3) is 0 Å². The predicted molar refractivity (Wildman–Crippen MR) is 135 cm³/mol. The van der Waals surface area contributed by atoms with Gasteiger partial charge in [0.15, 0.2) is 0 Å². The molecule has 1 aliphatic heterocycles. The first-order valence-electron chi connectivity index (χ1n) is 12.8. The van der Waals surface area contributed by atoms with Crippen LogP contribution in [0.3, 0.4) is 0 Å². The van der Waals surface area contributed by atoms with Gasteiger partial charge in [-0.2, -0.15) is 5.06 Å². The molecule has 0 aromatic heterocycles. The first kappa shape index (κ1) is 28.7. The Hall–Kier alpha value is -1.50. The second-order valence-electron chi connectivity index (χ2n) is 9.70. The number of hydrazine groups is 1. The van der Waals surface area contributed by atoms with Crippen molar-refractivity contribution in [2.24, 2.45) is 11.8 Å². The minimum Gasteiger partial charge on any atom is -0.396 e. The molecule has 0 saturated carbocycles. The Kier molecular flexibility index (Phi) is 12.5. The number of nitrogens with zero attached hydrogens (tertiary/aromatic N) is 1. The Morgan fingerprint density at radius 3 is 2.35 bits per heavy atom. The van der Waals surface area contributed by atoms with Crippen LogP contribution in [-0.4, -0.2) is 57.5 Å². The van der Waals surface area contributed by atoms with E-state index in [2.05, 4.69) is 50.4 Å². The summed E-state index contributed by atoms with van der Waals surface area (Å²) in [7, 11) is 0. The Balaban J connectivity index is 2.06. The van der Waals surface area contributed by atoms with Crippen molar-refractivity contribution in [2.45, 2.75) is 104 Å². The average molecular weight is 476 g/mol. The van der Waals surface area contributed by atoms with Crippen LogP contribution in [0.1, 0.15) is 77.8 Å². The van der Waals surface area contributed by atoms with Crippen molar-refractivity contribution >= 4 is 0 Å². The van der Waals surface area contributed by atoms with Gasteiger partial charge in [0.05, 0.1) is 19.3 Å². The van der Waals surface area contributed by atoms with Crippen molar-refractivity contribution in [3.8, 4) is 11.8 Å². The van der Waals surface area contributed by atoms with E-state index in [4.69, 9.17) is 4.84 Å². The third kappa shape index (κ3) is 8.62. The van der Waals surface area contributed by atoms with Crippen LogP contribution in [0.5, 0.6) is 0 Å². The van der Waals surface area contributed by atoms with E-state index < -0.39 is 18.3 Å². The van der Waals surface area contributed by atoms with Gasteiger partial charge in [0.1, 0.15) is 18.4 Å². The fraction of sp³-hybridized carbons (Fsp3) is 0.704. The molecule has 5 N–H and O–H groups in total. The van der Waals surface area contributed by atoms with Gasteiger partial charge in [-0.15, -0.1) is 0 Å². The lowest BCUT2D eigenvalue weighted by Gasteiger charge is -2.30. The SMILES string of the molecule is CCCCC[C@H](O)C#Cc1ccc(CN2O[C@@H]([C@H](C)O)[C@@H](CO)[C@H]2NN[C@H](CC)C(C)C)cc1. The zero-order valence-electron chi connectivity index (χ0n) is 21.5. The van der Waals surface area contributed by atoms with E-state index in [0.29, 0.717) is 18.9 Å². The first-order chi connectivity index (χ1) is 16.3. The number of nitrogens with one attached hydrogen (secondary N) is 2. The summed E-state index contributed by atoms with van der Waals surface area (Å²) in [5.74, 6) is 6.15. The Morgan fingerprint density at radius 2 is 1.79 bits per heavy atom. The highest BCUT2D eigenvalue weighted by Crippen LogP contribution is 2.29. The van der Waals surface area contributed by atoms with Crippen LogP contribution >= 0.6 is 0 Å². The van der Waals surface area contributed by atoms with Gasteiger partial charge in [0.25, 0.3) is 0 Å². The molecule has 7 heteroatoms. The molecule has 2 rings (SSSR count). The number of hydroxylamine groups is 2. The van der Waals surface area contributed by atoms with Crippen LogP contribution in [0.15, 0.2) is 24.3 Å². The molecule has 7 nitrogen and oxygen atoms in total. The Bertz CT molecular complexity index is 759. The van der Waals surface area contributed by atoms with Gasteiger partial charge in [-0.25, -0.2) is 5.43 Å². The maximum atomic E-state index is 10.2. The van der Waals surface area contributed by atoms with E-state index in [9.17, 15) is 15.3 Å². The molecule has 0 radical (unpaired) electrons. The van der Waals surface area contributed by atoms with Crippen LogP contribution in [0, 0.1) is 23.7 Å². The molecule has 0 spiro atoms. The maximum absolute atomic E-state index is 10.2. The Labute approximate surface area is 205 Å². The largest absolute Gasteiger partial charge is 0.396 e. The quantitative estimate of drug-likeness (QED) is 0.170. The number of benzene rings is 1. The van der Waals surface area contributed by atoms with E-state index in [1.807, 2.05) is 24.3 Å². The normalized spacial score (nSPS) is 23.5. The Morgan fingerprint density at radius 1 is 1.09 bits per heavy atom. The monoisotopic (exact) mass is 475 g/mol. The van der Waals surface area contributed by atoms with Gasteiger partial charge in [-0.3, -0.25) is 10.3 Å². The molecule has 1 heterocycles. The molecular formula is C27H45N3O4. The van der Waals surface area contributed by atoms with Gasteiger partial charge >= 0.3 is 0 Å². The zero-order chi connectivity index (χ0) is 25.1. The molecule has 1 fully saturated rings. The molecule has 1 saturated heterocycles. The van der Waals surface area contributed by atoms with E-state index in [-0.39, 0.29) is 24.7 Å². The van der Waals surface area contributed by atoms with Gasteiger partial charge in [0.2, 0.25) is 0 Å². The summed E-state index contributed by atoms with van der Waals surface area (Å²) >= 11 is 0. The lowest BCUT2D eigenvalue weighted by molar-refractivity contribution is -0.194. The van der Waals surface area contributed by atoms with Crippen molar-refractivity contribution in [1.29, 1.82) is 0 Å². The summed E-state index contributed by atoms with van der Waals surface area (Å²) in [5, 5.41) is 32.1. The number of hydrogen-bond donors (Lipinski definition) is 5. The summed E-state index contributed by atoms with van der Waals surface area (Å²) in [6.45, 7) is 10.7. The second-order valence-corrected chi connectivity index (χ2v) is 9.70. The minimum atomic E-state index is -0.708. The molecule has 0 unspecified atom stereocenters. The third-order valence-corrected chi connectivity index (χ3v) is 6.50. The van der Waals surface area contributed by atoms with Crippen LogP contribution in [0.2, 0.25) is 0 Å². The standard InChI is InChI=1S/C27H45N3O4/c1-6-8-9-10-23(33)16-15-21-11-13-22(14-12-21)17-30-27(29-28-25(7-2)19(3)4)24(18-31)26(34-30)20(5)32/h11-14,19-20,23-29,31-33H,6-10,17-18H2,1-5H3/t20-,23-,24+,25+,26-,27-/m0/s1. The predicted octanol–water partition coefficient (Wildman–Crippen LogP) is 2.94. The van der Waals surface area contributed by atoms with Crippen molar-refractivity contribution in [1.82, 2.24) is 15.9 Å². The number of aliphatic hydroxyl groups excluding tert-OH is 3. The van der Waals surface area contributed by atoms with Crippen LogP contribution < -0.4 is 10.9 Å². The molecule has 1 aromatic carbocycles. The van der Waals surface area contributed by atoms with Crippen molar-refractivity contribution in [3.63, 3.8) is 0 Å². The number of hydrogen-bond acceptors (Lipinski definition) is 7. The highest BCUT2D eigenvalue weighted by Gasteiger charge is 2.45. The van der Waals surface area contributed by atoms with Crippen molar-refractivity contribution in [2.75, 3.05) is 6.61 Å². The molecule has 1 aliphatic rings. The topological polar surface area (TPSA) is 97.2 Å². The summed E-state index contributed by atoms with van der Waals surface area (Å²) < 4.78 is 0. The minimum absolute atomic E-state index is 0.0982. The van der Waals surface area contributed by atoms with E-state index in [1.54, 1.807) is 12.0 Å². The first-order valence-corrected chi connectivity index (χ1v) is 12.8.